The quantitative estimate of drug-likeness (QED) is 0.855. The average Bonchev–Trinajstić information content (AvgIpc) is 2.78. The van der Waals surface area contributed by atoms with E-state index in [4.69, 9.17) is 4.74 Å². The molecule has 0 fully saturated rings. The van der Waals surface area contributed by atoms with Crippen LogP contribution < -0.4 is 4.98 Å². The van der Waals surface area contributed by atoms with Crippen molar-refractivity contribution in [3.05, 3.63) is 59.7 Å². The van der Waals surface area contributed by atoms with Gasteiger partial charge in [0.1, 0.15) is 6.61 Å². The topological polar surface area (TPSA) is 38.3 Å². The van der Waals surface area contributed by atoms with E-state index in [1.165, 1.54) is 22.3 Å². The molecule has 2 aromatic rings. The molecule has 0 spiro atoms. The molecule has 0 heterocycles. The van der Waals surface area contributed by atoms with Gasteiger partial charge in [0.25, 0.3) is 0 Å². The number of carbonyl (C=O) groups is 1. The lowest BCUT2D eigenvalue weighted by Gasteiger charge is -2.19. The summed E-state index contributed by atoms with van der Waals surface area (Å²) in [4.78, 5) is 14.9. The summed E-state index contributed by atoms with van der Waals surface area (Å²) in [6, 6.07) is 16.7. The van der Waals surface area contributed by atoms with Crippen LogP contribution >= 0.6 is 0 Å². The molecule has 3 rings (SSSR count). The standard InChI is InChI=1S/C18H21NO2Si/c1-22(2,3)19-18(20)21-12-17-15-10-6-4-8-13(15)14-9-5-7-11-16(14)17/h4-11,17H,12H2,1-3H3,(H,19,20). The van der Waals surface area contributed by atoms with Crippen molar-refractivity contribution in [1.29, 1.82) is 0 Å². The predicted octanol–water partition coefficient (Wildman–Crippen LogP) is 4.36. The molecule has 0 unspecified atom stereocenters. The highest BCUT2D eigenvalue weighted by Gasteiger charge is 2.29. The normalized spacial score (nSPS) is 13.4. The number of hydrogen-bond acceptors (Lipinski definition) is 2. The van der Waals surface area contributed by atoms with Gasteiger partial charge in [0.15, 0.2) is 8.24 Å². The van der Waals surface area contributed by atoms with E-state index >= 15 is 0 Å². The minimum atomic E-state index is -1.66. The van der Waals surface area contributed by atoms with Gasteiger partial charge in [-0.15, -0.1) is 0 Å². The number of fused-ring (bicyclic) bond motifs is 3. The lowest BCUT2D eigenvalue weighted by molar-refractivity contribution is 0.148. The fourth-order valence-electron chi connectivity index (χ4n) is 2.94. The van der Waals surface area contributed by atoms with E-state index < -0.39 is 8.24 Å². The Morgan fingerprint density at radius 2 is 1.50 bits per heavy atom. The second kappa shape index (κ2) is 5.61. The lowest BCUT2D eigenvalue weighted by Crippen LogP contribution is -2.45. The van der Waals surface area contributed by atoms with Gasteiger partial charge in [0, 0.05) is 5.92 Å². The van der Waals surface area contributed by atoms with Crippen LogP contribution in [0.3, 0.4) is 0 Å². The first-order valence-electron chi connectivity index (χ1n) is 7.59. The van der Waals surface area contributed by atoms with Crippen molar-refractivity contribution in [1.82, 2.24) is 4.98 Å². The van der Waals surface area contributed by atoms with Gasteiger partial charge in [-0.3, -0.25) is 0 Å². The van der Waals surface area contributed by atoms with Gasteiger partial charge in [-0.2, -0.15) is 0 Å². The largest absolute Gasteiger partial charge is 0.449 e. The summed E-state index contributed by atoms with van der Waals surface area (Å²) < 4.78 is 5.50. The molecule has 0 saturated heterocycles. The van der Waals surface area contributed by atoms with Crippen molar-refractivity contribution in [2.24, 2.45) is 0 Å². The highest BCUT2D eigenvalue weighted by molar-refractivity contribution is 6.75. The van der Waals surface area contributed by atoms with E-state index in [1.807, 2.05) is 12.1 Å². The number of nitrogens with one attached hydrogen (secondary N) is 1. The third-order valence-corrected chi connectivity index (χ3v) is 4.77. The van der Waals surface area contributed by atoms with Crippen molar-refractivity contribution in [3.8, 4) is 11.1 Å². The van der Waals surface area contributed by atoms with Crippen molar-refractivity contribution < 1.29 is 9.53 Å². The van der Waals surface area contributed by atoms with Gasteiger partial charge < -0.3 is 9.72 Å². The second-order valence-corrected chi connectivity index (χ2v) is 11.5. The first kappa shape index (κ1) is 14.8. The minimum Gasteiger partial charge on any atom is -0.449 e. The van der Waals surface area contributed by atoms with E-state index in [2.05, 4.69) is 61.0 Å². The van der Waals surface area contributed by atoms with Gasteiger partial charge in [0.05, 0.1) is 0 Å². The molecule has 0 bridgehead atoms. The Balaban J connectivity index is 1.81. The molecule has 1 amide bonds. The molecule has 0 saturated carbocycles. The molecule has 22 heavy (non-hydrogen) atoms. The molecule has 3 nitrogen and oxygen atoms in total. The van der Waals surface area contributed by atoms with E-state index in [0.717, 1.165) is 0 Å². The summed E-state index contributed by atoms with van der Waals surface area (Å²) >= 11 is 0. The zero-order valence-corrected chi connectivity index (χ0v) is 14.2. The minimum absolute atomic E-state index is 0.125. The average molecular weight is 311 g/mol. The van der Waals surface area contributed by atoms with Crippen LogP contribution in [0.15, 0.2) is 48.5 Å². The zero-order valence-electron chi connectivity index (χ0n) is 13.2. The molecule has 4 heteroatoms. The molecule has 0 aliphatic heterocycles. The maximum atomic E-state index is 11.9. The number of rotatable bonds is 3. The summed E-state index contributed by atoms with van der Waals surface area (Å²) in [5.74, 6) is 0.125. The fraction of sp³-hybridized carbons (Fsp3) is 0.278. The number of ether oxygens (including phenoxy) is 1. The maximum Gasteiger partial charge on any atom is 0.399 e. The number of amides is 1. The Labute approximate surface area is 132 Å². The molecular formula is C18H21NO2Si. The van der Waals surface area contributed by atoms with Crippen LogP contribution in [0.4, 0.5) is 4.79 Å². The van der Waals surface area contributed by atoms with E-state index in [0.29, 0.717) is 6.61 Å². The van der Waals surface area contributed by atoms with Crippen LogP contribution in [0.2, 0.25) is 19.6 Å². The van der Waals surface area contributed by atoms with Gasteiger partial charge in [-0.25, -0.2) is 4.79 Å². The second-order valence-electron chi connectivity index (χ2n) is 6.70. The number of carbonyl (C=O) groups excluding carboxylic acids is 1. The summed E-state index contributed by atoms with van der Waals surface area (Å²) in [5.41, 5.74) is 4.98. The first-order chi connectivity index (χ1) is 10.5. The van der Waals surface area contributed by atoms with E-state index in [-0.39, 0.29) is 12.0 Å². The van der Waals surface area contributed by atoms with Crippen molar-refractivity contribution in [2.45, 2.75) is 25.6 Å². The summed E-state index contributed by atoms with van der Waals surface area (Å²) in [6.07, 6.45) is -0.305. The monoisotopic (exact) mass is 311 g/mol. The van der Waals surface area contributed by atoms with E-state index in [9.17, 15) is 4.79 Å². The maximum absolute atomic E-state index is 11.9. The highest BCUT2D eigenvalue weighted by Crippen LogP contribution is 2.44. The van der Waals surface area contributed by atoms with Crippen molar-refractivity contribution >= 4 is 14.3 Å². The molecule has 0 radical (unpaired) electrons. The molecule has 0 aromatic heterocycles. The Kier molecular flexibility index (Phi) is 3.79. The SMILES string of the molecule is C[Si](C)(C)NC(=O)OCC1c2ccccc2-c2ccccc21. The summed E-state index contributed by atoms with van der Waals surface area (Å²) in [6.45, 7) is 6.61. The Morgan fingerprint density at radius 3 is 2.00 bits per heavy atom. The van der Waals surface area contributed by atoms with Crippen LogP contribution in [0, 0.1) is 0 Å². The van der Waals surface area contributed by atoms with Crippen LogP contribution in [-0.4, -0.2) is 20.9 Å². The third-order valence-electron chi connectivity index (χ3n) is 3.82. The van der Waals surface area contributed by atoms with Crippen LogP contribution in [0.1, 0.15) is 17.0 Å². The Morgan fingerprint density at radius 1 is 1.00 bits per heavy atom. The van der Waals surface area contributed by atoms with Crippen LogP contribution in [0.5, 0.6) is 0 Å². The van der Waals surface area contributed by atoms with Gasteiger partial charge in [-0.1, -0.05) is 68.2 Å². The molecule has 1 aliphatic carbocycles. The smallest absolute Gasteiger partial charge is 0.399 e. The van der Waals surface area contributed by atoms with Gasteiger partial charge in [0.2, 0.25) is 0 Å². The van der Waals surface area contributed by atoms with Crippen molar-refractivity contribution in [3.63, 3.8) is 0 Å². The first-order valence-corrected chi connectivity index (χ1v) is 11.1. The van der Waals surface area contributed by atoms with Gasteiger partial charge in [-0.05, 0) is 22.3 Å². The molecule has 1 N–H and O–H groups in total. The van der Waals surface area contributed by atoms with E-state index in [1.54, 1.807) is 0 Å². The molecule has 0 atom stereocenters. The highest BCUT2D eigenvalue weighted by atomic mass is 28.3. The van der Waals surface area contributed by atoms with Crippen LogP contribution in [0.25, 0.3) is 11.1 Å². The number of hydrogen-bond donors (Lipinski definition) is 1. The third kappa shape index (κ3) is 2.92. The molecule has 1 aliphatic rings. The molecule has 2 aromatic carbocycles. The Hall–Kier alpha value is -2.07. The predicted molar refractivity (Wildman–Crippen MR) is 91.6 cm³/mol. The summed E-state index contributed by atoms with van der Waals surface area (Å²) in [5, 5.41) is 0. The molecular weight excluding hydrogens is 290 g/mol. The lowest BCUT2D eigenvalue weighted by atomic mass is 9.98. The summed E-state index contributed by atoms with van der Waals surface area (Å²) in [7, 11) is -1.66. The van der Waals surface area contributed by atoms with Gasteiger partial charge >= 0.3 is 6.09 Å². The van der Waals surface area contributed by atoms with Crippen LogP contribution in [-0.2, 0) is 4.74 Å². The van der Waals surface area contributed by atoms with Crippen molar-refractivity contribution in [2.75, 3.05) is 6.61 Å². The number of benzene rings is 2. The fourth-order valence-corrected chi connectivity index (χ4v) is 3.63. The molecule has 114 valence electrons. The zero-order chi connectivity index (χ0) is 15.7. The Bertz CT molecular complexity index is 661.